The molecule has 0 radical (unpaired) electrons. The second-order valence-electron chi connectivity index (χ2n) is 2.68. The number of ketones is 1. The zero-order valence-corrected chi connectivity index (χ0v) is 9.32. The van der Waals surface area contributed by atoms with Crippen LogP contribution in [0.3, 0.4) is 0 Å². The third-order valence-electron chi connectivity index (χ3n) is 1.70. The summed E-state index contributed by atoms with van der Waals surface area (Å²) in [5.41, 5.74) is 1.14. The number of hydrogen-bond donors (Lipinski definition) is 1. The normalized spacial score (nSPS) is 10.1. The van der Waals surface area contributed by atoms with Crippen LogP contribution in [0.2, 0.25) is 0 Å². The Morgan fingerprint density at radius 3 is 2.77 bits per heavy atom. The zero-order valence-electron chi connectivity index (χ0n) is 6.97. The minimum atomic E-state index is -0.278. The minimum absolute atomic E-state index is 0.0219. The number of rotatable bonds is 2. The van der Waals surface area contributed by atoms with E-state index in [1.54, 1.807) is 6.07 Å². The number of carbonyl (C=O) groups is 1. The maximum atomic E-state index is 11.2. The van der Waals surface area contributed by atoms with Gasteiger partial charge in [0.25, 0.3) is 0 Å². The molecule has 0 amide bonds. The molecular formula is C9H8BrClO2. The Hall–Kier alpha value is -0.540. The fourth-order valence-electron chi connectivity index (χ4n) is 0.962. The molecular weight excluding hydrogens is 255 g/mol. The second kappa shape index (κ2) is 4.11. The maximum Gasteiger partial charge on any atom is 0.181 e. The largest absolute Gasteiger partial charge is 0.507 e. The summed E-state index contributed by atoms with van der Waals surface area (Å²) in [5.74, 6) is -0.422. The SMILES string of the molecule is Cc1cc(O)c(C(=O)CCl)cc1Br. The summed E-state index contributed by atoms with van der Waals surface area (Å²) in [7, 11) is 0. The van der Waals surface area contributed by atoms with Gasteiger partial charge < -0.3 is 5.11 Å². The van der Waals surface area contributed by atoms with Gasteiger partial charge in [-0.2, -0.15) is 0 Å². The number of aryl methyl sites for hydroxylation is 1. The highest BCUT2D eigenvalue weighted by Gasteiger charge is 2.11. The molecule has 0 saturated carbocycles. The van der Waals surface area contributed by atoms with Gasteiger partial charge in [0.2, 0.25) is 0 Å². The Morgan fingerprint density at radius 2 is 2.23 bits per heavy atom. The van der Waals surface area contributed by atoms with Gasteiger partial charge in [0, 0.05) is 4.47 Å². The topological polar surface area (TPSA) is 37.3 Å². The van der Waals surface area contributed by atoms with E-state index in [9.17, 15) is 9.90 Å². The van der Waals surface area contributed by atoms with Crippen molar-refractivity contribution in [1.82, 2.24) is 0 Å². The summed E-state index contributed by atoms with van der Waals surface area (Å²) in [6, 6.07) is 3.11. The molecule has 70 valence electrons. The number of benzene rings is 1. The summed E-state index contributed by atoms with van der Waals surface area (Å²) >= 11 is 8.65. The van der Waals surface area contributed by atoms with Gasteiger partial charge in [-0.3, -0.25) is 4.79 Å². The van der Waals surface area contributed by atoms with Crippen molar-refractivity contribution >= 4 is 33.3 Å². The van der Waals surface area contributed by atoms with Gasteiger partial charge >= 0.3 is 0 Å². The van der Waals surface area contributed by atoms with E-state index in [0.717, 1.165) is 10.0 Å². The number of halogens is 2. The Morgan fingerprint density at radius 1 is 1.62 bits per heavy atom. The van der Waals surface area contributed by atoms with Gasteiger partial charge in [0.15, 0.2) is 5.78 Å². The van der Waals surface area contributed by atoms with Gasteiger partial charge in [0.05, 0.1) is 11.4 Å². The molecule has 1 rings (SSSR count). The standard InChI is InChI=1S/C9H8BrClO2/c1-5-2-8(12)6(3-7(5)10)9(13)4-11/h2-3,12H,4H2,1H3. The van der Waals surface area contributed by atoms with E-state index in [1.165, 1.54) is 6.07 Å². The number of hydrogen-bond acceptors (Lipinski definition) is 2. The van der Waals surface area contributed by atoms with E-state index >= 15 is 0 Å². The number of phenolic OH excluding ortho intramolecular Hbond substituents is 1. The zero-order chi connectivity index (χ0) is 10.0. The Kier molecular flexibility index (Phi) is 3.33. The van der Waals surface area contributed by atoms with Crippen molar-refractivity contribution in [3.8, 4) is 5.75 Å². The van der Waals surface area contributed by atoms with Crippen molar-refractivity contribution in [2.75, 3.05) is 5.88 Å². The molecule has 0 heterocycles. The highest BCUT2D eigenvalue weighted by Crippen LogP contribution is 2.26. The average molecular weight is 264 g/mol. The third kappa shape index (κ3) is 2.23. The Bertz CT molecular complexity index is 350. The van der Waals surface area contributed by atoms with Gasteiger partial charge in [-0.1, -0.05) is 15.9 Å². The van der Waals surface area contributed by atoms with Gasteiger partial charge in [0.1, 0.15) is 5.75 Å². The first kappa shape index (κ1) is 10.5. The van der Waals surface area contributed by atoms with Crippen LogP contribution in [0.1, 0.15) is 15.9 Å². The highest BCUT2D eigenvalue weighted by atomic mass is 79.9. The molecule has 0 atom stereocenters. The molecule has 0 spiro atoms. The molecule has 2 nitrogen and oxygen atoms in total. The molecule has 0 bridgehead atoms. The maximum absolute atomic E-state index is 11.2. The van der Waals surface area contributed by atoms with E-state index in [4.69, 9.17) is 11.6 Å². The summed E-state index contributed by atoms with van der Waals surface area (Å²) < 4.78 is 0.791. The lowest BCUT2D eigenvalue weighted by Crippen LogP contribution is -2.01. The summed E-state index contributed by atoms with van der Waals surface area (Å²) in [5, 5.41) is 9.42. The van der Waals surface area contributed by atoms with Crippen molar-refractivity contribution in [2.45, 2.75) is 6.92 Å². The van der Waals surface area contributed by atoms with Crippen LogP contribution in [0.5, 0.6) is 5.75 Å². The minimum Gasteiger partial charge on any atom is -0.507 e. The van der Waals surface area contributed by atoms with Crippen molar-refractivity contribution in [3.63, 3.8) is 0 Å². The van der Waals surface area contributed by atoms with Crippen molar-refractivity contribution < 1.29 is 9.90 Å². The predicted octanol–water partition coefficient (Wildman–Crippen LogP) is 2.88. The van der Waals surface area contributed by atoms with E-state index in [2.05, 4.69) is 15.9 Å². The molecule has 0 saturated heterocycles. The van der Waals surface area contributed by atoms with Crippen molar-refractivity contribution in [3.05, 3.63) is 27.7 Å². The van der Waals surface area contributed by atoms with Crippen LogP contribution in [-0.2, 0) is 0 Å². The van der Waals surface area contributed by atoms with E-state index in [1.807, 2.05) is 6.92 Å². The van der Waals surface area contributed by atoms with E-state index < -0.39 is 0 Å². The summed E-state index contributed by atoms with van der Waals surface area (Å²) in [4.78, 5) is 11.2. The molecule has 1 aromatic carbocycles. The monoisotopic (exact) mass is 262 g/mol. The van der Waals surface area contributed by atoms with Crippen LogP contribution in [-0.4, -0.2) is 16.8 Å². The van der Waals surface area contributed by atoms with Crippen LogP contribution in [0.4, 0.5) is 0 Å². The fraction of sp³-hybridized carbons (Fsp3) is 0.222. The molecule has 0 aliphatic carbocycles. The third-order valence-corrected chi connectivity index (χ3v) is 2.80. The average Bonchev–Trinajstić information content (AvgIpc) is 2.10. The van der Waals surface area contributed by atoms with Crippen molar-refractivity contribution in [2.24, 2.45) is 0 Å². The van der Waals surface area contributed by atoms with Crippen LogP contribution in [0.15, 0.2) is 16.6 Å². The first-order chi connectivity index (χ1) is 6.06. The van der Waals surface area contributed by atoms with Crippen LogP contribution < -0.4 is 0 Å². The number of alkyl halides is 1. The smallest absolute Gasteiger partial charge is 0.181 e. The molecule has 0 aliphatic heterocycles. The molecule has 1 aromatic rings. The first-order valence-corrected chi connectivity index (χ1v) is 4.97. The Labute approximate surface area is 89.7 Å². The predicted molar refractivity (Wildman–Crippen MR) is 55.6 cm³/mol. The Balaban J connectivity index is 3.23. The second-order valence-corrected chi connectivity index (χ2v) is 3.80. The van der Waals surface area contributed by atoms with E-state index in [0.29, 0.717) is 0 Å². The van der Waals surface area contributed by atoms with Gasteiger partial charge in [-0.25, -0.2) is 0 Å². The number of Topliss-reactive ketones (excluding diaryl/α,β-unsaturated/α-hetero) is 1. The number of phenols is 1. The molecule has 4 heteroatoms. The van der Waals surface area contributed by atoms with Crippen LogP contribution in [0, 0.1) is 6.92 Å². The number of aromatic hydroxyl groups is 1. The lowest BCUT2D eigenvalue weighted by molar-refractivity contribution is 0.101. The van der Waals surface area contributed by atoms with Gasteiger partial charge in [-0.15, -0.1) is 11.6 Å². The van der Waals surface area contributed by atoms with E-state index in [-0.39, 0.29) is 23.0 Å². The number of carbonyl (C=O) groups excluding carboxylic acids is 1. The van der Waals surface area contributed by atoms with Crippen LogP contribution >= 0.6 is 27.5 Å². The fourth-order valence-corrected chi connectivity index (χ4v) is 1.45. The lowest BCUT2D eigenvalue weighted by Gasteiger charge is -2.04. The summed E-state index contributed by atoms with van der Waals surface area (Å²) in [6.07, 6.45) is 0. The molecule has 0 aromatic heterocycles. The molecule has 13 heavy (non-hydrogen) atoms. The lowest BCUT2D eigenvalue weighted by atomic mass is 10.1. The molecule has 1 N–H and O–H groups in total. The van der Waals surface area contributed by atoms with Crippen LogP contribution in [0.25, 0.3) is 0 Å². The summed E-state index contributed by atoms with van der Waals surface area (Å²) in [6.45, 7) is 1.83. The highest BCUT2D eigenvalue weighted by molar-refractivity contribution is 9.10. The molecule has 0 fully saturated rings. The molecule has 0 unspecified atom stereocenters. The van der Waals surface area contributed by atoms with Crippen molar-refractivity contribution in [1.29, 1.82) is 0 Å². The molecule has 0 aliphatic rings. The first-order valence-electron chi connectivity index (χ1n) is 3.64. The quantitative estimate of drug-likeness (QED) is 0.658. The van der Waals surface area contributed by atoms with Gasteiger partial charge in [-0.05, 0) is 24.6 Å².